The molecule has 224 valence electrons. The van der Waals surface area contributed by atoms with Crippen LogP contribution in [0.15, 0.2) is 119 Å². The molecule has 4 rings (SSSR count). The van der Waals surface area contributed by atoms with Gasteiger partial charge in [-0.2, -0.15) is 0 Å². The second-order valence-electron chi connectivity index (χ2n) is 9.95. The van der Waals surface area contributed by atoms with E-state index in [0.717, 1.165) is 21.9 Å². The zero-order chi connectivity index (χ0) is 30.8. The van der Waals surface area contributed by atoms with Crippen LogP contribution >= 0.6 is 27.5 Å². The van der Waals surface area contributed by atoms with Crippen molar-refractivity contribution in [1.82, 2.24) is 10.2 Å². The molecule has 0 fully saturated rings. The molecule has 43 heavy (non-hydrogen) atoms. The second-order valence-corrected chi connectivity index (χ2v) is 13.2. The van der Waals surface area contributed by atoms with Gasteiger partial charge in [0.2, 0.25) is 11.8 Å². The Balaban J connectivity index is 1.78. The van der Waals surface area contributed by atoms with Crippen LogP contribution in [0.3, 0.4) is 0 Å². The summed E-state index contributed by atoms with van der Waals surface area (Å²) >= 11 is 9.55. The summed E-state index contributed by atoms with van der Waals surface area (Å²) in [6.07, 6.45) is 0.971. The Bertz CT molecular complexity index is 1620. The quantitative estimate of drug-likeness (QED) is 0.175. The molecule has 0 aliphatic carbocycles. The minimum atomic E-state index is -4.15. The molecule has 7 nitrogen and oxygen atoms in total. The Kier molecular flexibility index (Phi) is 11.4. The van der Waals surface area contributed by atoms with Crippen molar-refractivity contribution in [2.75, 3.05) is 17.4 Å². The van der Waals surface area contributed by atoms with E-state index in [1.54, 1.807) is 66.7 Å². The molecule has 0 aromatic heterocycles. The molecule has 0 radical (unpaired) electrons. The second kappa shape index (κ2) is 15.2. The number of nitrogens with zero attached hydrogens (tertiary/aromatic N) is 2. The van der Waals surface area contributed by atoms with Crippen LogP contribution in [-0.4, -0.2) is 44.3 Å². The number of anilines is 1. The van der Waals surface area contributed by atoms with Gasteiger partial charge >= 0.3 is 0 Å². The number of rotatable bonds is 13. The maximum absolute atomic E-state index is 14.4. The van der Waals surface area contributed by atoms with E-state index >= 15 is 0 Å². The highest BCUT2D eigenvalue weighted by Gasteiger charge is 2.34. The molecule has 2 amide bonds. The van der Waals surface area contributed by atoms with Gasteiger partial charge in [0.05, 0.1) is 10.6 Å². The standard InChI is InChI=1S/C33H33BrClN3O4S/c1-2-20-36-33(40)31(21-25-10-5-3-6-11-25)37(23-26-16-18-28(35)19-17-26)32(39)24-38(29-13-9-12-27(34)22-29)43(41,42)30-14-7-4-8-15-30/h3-19,22,31H,2,20-21,23-24H2,1H3,(H,36,40)/t31-/m1/s1. The minimum absolute atomic E-state index is 0.0496. The van der Waals surface area contributed by atoms with Crippen LogP contribution < -0.4 is 9.62 Å². The Morgan fingerprint density at radius 2 is 1.51 bits per heavy atom. The van der Waals surface area contributed by atoms with Gasteiger partial charge in [0.1, 0.15) is 12.6 Å². The Morgan fingerprint density at radius 3 is 2.14 bits per heavy atom. The predicted octanol–water partition coefficient (Wildman–Crippen LogP) is 6.46. The zero-order valence-electron chi connectivity index (χ0n) is 23.7. The highest BCUT2D eigenvalue weighted by molar-refractivity contribution is 9.10. The third-order valence-electron chi connectivity index (χ3n) is 6.79. The lowest BCUT2D eigenvalue weighted by Crippen LogP contribution is -2.53. The largest absolute Gasteiger partial charge is 0.354 e. The van der Waals surface area contributed by atoms with Crippen LogP contribution in [0.25, 0.3) is 0 Å². The topological polar surface area (TPSA) is 86.8 Å². The highest BCUT2D eigenvalue weighted by atomic mass is 79.9. The van der Waals surface area contributed by atoms with E-state index in [4.69, 9.17) is 11.6 Å². The van der Waals surface area contributed by atoms with Gasteiger partial charge in [-0.15, -0.1) is 0 Å². The Labute approximate surface area is 266 Å². The van der Waals surface area contributed by atoms with Gasteiger partial charge in [-0.05, 0) is 60.0 Å². The lowest BCUT2D eigenvalue weighted by molar-refractivity contribution is -0.140. The number of carbonyl (C=O) groups is 2. The van der Waals surface area contributed by atoms with Crippen molar-refractivity contribution in [3.8, 4) is 0 Å². The molecular weight excluding hydrogens is 650 g/mol. The molecule has 4 aromatic carbocycles. The molecule has 0 heterocycles. The third-order valence-corrected chi connectivity index (χ3v) is 9.33. The van der Waals surface area contributed by atoms with Crippen LogP contribution in [-0.2, 0) is 32.6 Å². The number of nitrogens with one attached hydrogen (secondary N) is 1. The lowest BCUT2D eigenvalue weighted by atomic mass is 10.0. The smallest absolute Gasteiger partial charge is 0.264 e. The lowest BCUT2D eigenvalue weighted by Gasteiger charge is -2.34. The molecule has 0 unspecified atom stereocenters. The number of hydrogen-bond donors (Lipinski definition) is 1. The molecule has 10 heteroatoms. The minimum Gasteiger partial charge on any atom is -0.354 e. The average Bonchev–Trinajstić information content (AvgIpc) is 3.02. The molecule has 1 atom stereocenters. The summed E-state index contributed by atoms with van der Waals surface area (Å²) in [6.45, 7) is 1.95. The van der Waals surface area contributed by atoms with Crippen molar-refractivity contribution in [2.45, 2.75) is 37.2 Å². The van der Waals surface area contributed by atoms with E-state index < -0.39 is 28.5 Å². The fraction of sp³-hybridized carbons (Fsp3) is 0.212. The van der Waals surface area contributed by atoms with Gasteiger partial charge in [0.15, 0.2) is 0 Å². The molecular formula is C33H33BrClN3O4S. The van der Waals surface area contributed by atoms with Crippen LogP contribution in [0.5, 0.6) is 0 Å². The van der Waals surface area contributed by atoms with Gasteiger partial charge < -0.3 is 10.2 Å². The first-order valence-electron chi connectivity index (χ1n) is 13.9. The van der Waals surface area contributed by atoms with Crippen LogP contribution in [0, 0.1) is 0 Å². The number of halogens is 2. The van der Waals surface area contributed by atoms with E-state index in [1.807, 2.05) is 37.3 Å². The van der Waals surface area contributed by atoms with E-state index in [2.05, 4.69) is 21.2 Å². The highest BCUT2D eigenvalue weighted by Crippen LogP contribution is 2.27. The normalized spacial score (nSPS) is 11.9. The summed E-state index contributed by atoms with van der Waals surface area (Å²) in [5, 5.41) is 3.48. The van der Waals surface area contributed by atoms with Gasteiger partial charge in [-0.3, -0.25) is 13.9 Å². The summed E-state index contributed by atoms with van der Waals surface area (Å²) in [7, 11) is -4.15. The summed E-state index contributed by atoms with van der Waals surface area (Å²) < 4.78 is 29.7. The third kappa shape index (κ3) is 8.69. The van der Waals surface area contributed by atoms with Crippen molar-refractivity contribution in [1.29, 1.82) is 0 Å². The first-order valence-corrected chi connectivity index (χ1v) is 16.5. The summed E-state index contributed by atoms with van der Waals surface area (Å²) in [5.41, 5.74) is 1.93. The first kappa shape index (κ1) is 32.3. The molecule has 0 aliphatic rings. The van der Waals surface area contributed by atoms with E-state index in [0.29, 0.717) is 21.7 Å². The van der Waals surface area contributed by atoms with Crippen LogP contribution in [0.2, 0.25) is 5.02 Å². The summed E-state index contributed by atoms with van der Waals surface area (Å²) in [6, 6.07) is 30.3. The molecule has 0 spiro atoms. The Morgan fingerprint density at radius 1 is 0.860 bits per heavy atom. The summed E-state index contributed by atoms with van der Waals surface area (Å²) in [5.74, 6) is -0.838. The SMILES string of the molecule is CCCNC(=O)[C@@H](Cc1ccccc1)N(Cc1ccc(Cl)cc1)C(=O)CN(c1cccc(Br)c1)S(=O)(=O)c1ccccc1. The molecule has 0 saturated heterocycles. The van der Waals surface area contributed by atoms with Gasteiger partial charge in [0.25, 0.3) is 10.0 Å². The van der Waals surface area contributed by atoms with Crippen molar-refractivity contribution in [3.05, 3.63) is 130 Å². The predicted molar refractivity (Wildman–Crippen MR) is 174 cm³/mol. The molecule has 0 aliphatic heterocycles. The van der Waals surface area contributed by atoms with Crippen molar-refractivity contribution < 1.29 is 18.0 Å². The fourth-order valence-electron chi connectivity index (χ4n) is 4.59. The molecule has 1 N–H and O–H groups in total. The van der Waals surface area contributed by atoms with Crippen molar-refractivity contribution in [2.24, 2.45) is 0 Å². The maximum Gasteiger partial charge on any atom is 0.264 e. The van der Waals surface area contributed by atoms with Gasteiger partial charge in [-0.25, -0.2) is 8.42 Å². The van der Waals surface area contributed by atoms with Crippen LogP contribution in [0.4, 0.5) is 5.69 Å². The van der Waals surface area contributed by atoms with Crippen molar-refractivity contribution in [3.63, 3.8) is 0 Å². The maximum atomic E-state index is 14.4. The zero-order valence-corrected chi connectivity index (χ0v) is 26.9. The fourth-order valence-corrected chi connectivity index (χ4v) is 6.53. The van der Waals surface area contributed by atoms with E-state index in [1.165, 1.54) is 17.0 Å². The number of hydrogen-bond acceptors (Lipinski definition) is 4. The average molecular weight is 683 g/mol. The molecule has 0 saturated carbocycles. The molecule has 0 bridgehead atoms. The monoisotopic (exact) mass is 681 g/mol. The van der Waals surface area contributed by atoms with E-state index in [9.17, 15) is 18.0 Å². The van der Waals surface area contributed by atoms with Gasteiger partial charge in [0, 0.05) is 29.0 Å². The van der Waals surface area contributed by atoms with Gasteiger partial charge in [-0.1, -0.05) is 101 Å². The number of carbonyl (C=O) groups excluding carboxylic acids is 2. The number of amides is 2. The van der Waals surface area contributed by atoms with Crippen LogP contribution in [0.1, 0.15) is 24.5 Å². The first-order chi connectivity index (χ1) is 20.7. The number of sulfonamides is 1. The van der Waals surface area contributed by atoms with E-state index in [-0.39, 0.29) is 23.8 Å². The van der Waals surface area contributed by atoms with Crippen molar-refractivity contribution >= 4 is 55.1 Å². The number of benzene rings is 4. The molecule has 4 aromatic rings. The Hall–Kier alpha value is -3.66. The summed E-state index contributed by atoms with van der Waals surface area (Å²) in [4.78, 5) is 29.5.